The average Bonchev–Trinajstić information content (AvgIpc) is 3.30. The molecule has 4 atom stereocenters. The maximum Gasteiger partial charge on any atom is 0.327 e. The van der Waals surface area contributed by atoms with Crippen molar-refractivity contribution in [1.82, 2.24) is 20.9 Å². The molecule has 0 saturated carbocycles. The lowest BCUT2D eigenvalue weighted by molar-refractivity contribution is -0.122. The molecule has 196 valence electrons. The van der Waals surface area contributed by atoms with Crippen LogP contribution in [-0.2, 0) is 9.53 Å². The minimum atomic E-state index is -0.504. The van der Waals surface area contributed by atoms with Crippen molar-refractivity contribution in [3.8, 4) is 11.5 Å². The highest BCUT2D eigenvalue weighted by Crippen LogP contribution is 2.51. The maximum atomic E-state index is 13.5. The zero-order chi connectivity index (χ0) is 26.2. The Labute approximate surface area is 225 Å². The van der Waals surface area contributed by atoms with Gasteiger partial charge < -0.3 is 25.4 Å². The molecule has 1 aromatic heterocycles. The van der Waals surface area contributed by atoms with E-state index in [2.05, 4.69) is 20.9 Å². The summed E-state index contributed by atoms with van der Waals surface area (Å²) in [6.45, 7) is 3.41. The number of benzene rings is 2. The van der Waals surface area contributed by atoms with Gasteiger partial charge in [0.1, 0.15) is 21.8 Å². The molecule has 3 N–H and O–H groups in total. The van der Waals surface area contributed by atoms with E-state index in [0.29, 0.717) is 12.3 Å². The number of ether oxygens (including phenoxy) is 2. The Hall–Kier alpha value is -3.60. The molecule has 6 rings (SSSR count). The van der Waals surface area contributed by atoms with E-state index in [4.69, 9.17) is 9.47 Å². The van der Waals surface area contributed by atoms with Gasteiger partial charge >= 0.3 is 6.03 Å². The van der Waals surface area contributed by atoms with Crippen molar-refractivity contribution in [3.63, 3.8) is 0 Å². The van der Waals surface area contributed by atoms with Crippen LogP contribution in [0.4, 0.5) is 16.2 Å². The topological polar surface area (TPSA) is 105 Å². The van der Waals surface area contributed by atoms with Crippen LogP contribution in [-0.4, -0.2) is 54.5 Å². The fourth-order valence-electron chi connectivity index (χ4n) is 5.31. The van der Waals surface area contributed by atoms with Crippen LogP contribution in [0, 0.1) is 6.92 Å². The standard InChI is InChI=1S/C28H29N5O4S/c1-16-12-19(37-18-6-4-3-5-7-18)8-9-21(16)33-22-10-11-30-27-23(22)24(32-28(33)35)25(38-27)26(34)31-17-13-20(36-2)15-29-14-17/h3-12,17,20,24-25,29H,13-15H2,1-2H3,(H,31,34)(H,32,35)/t17-,20+,24?,25?/m1/s1. The Morgan fingerprint density at radius 2 is 1.95 bits per heavy atom. The van der Waals surface area contributed by atoms with Gasteiger partial charge in [-0.15, -0.1) is 0 Å². The molecule has 2 unspecified atom stereocenters. The quantitative estimate of drug-likeness (QED) is 0.441. The number of thioether (sulfide) groups is 1. The van der Waals surface area contributed by atoms with E-state index in [0.717, 1.165) is 46.2 Å². The van der Waals surface area contributed by atoms with Crippen molar-refractivity contribution >= 4 is 35.1 Å². The van der Waals surface area contributed by atoms with Crippen LogP contribution in [0.25, 0.3) is 0 Å². The number of amides is 3. The van der Waals surface area contributed by atoms with Crippen molar-refractivity contribution in [3.05, 3.63) is 71.9 Å². The summed E-state index contributed by atoms with van der Waals surface area (Å²) in [4.78, 5) is 33.1. The highest BCUT2D eigenvalue weighted by Gasteiger charge is 2.47. The van der Waals surface area contributed by atoms with Gasteiger partial charge in [0, 0.05) is 38.0 Å². The first-order valence-electron chi connectivity index (χ1n) is 12.7. The molecule has 2 aromatic carbocycles. The number of aromatic nitrogens is 1. The normalized spacial score (nSPS) is 23.9. The molecular formula is C28H29N5O4S. The second-order valence-corrected chi connectivity index (χ2v) is 10.8. The minimum absolute atomic E-state index is 0.0343. The van der Waals surface area contributed by atoms with Gasteiger partial charge in [0.2, 0.25) is 5.91 Å². The van der Waals surface area contributed by atoms with Crippen molar-refractivity contribution in [2.75, 3.05) is 25.1 Å². The summed E-state index contributed by atoms with van der Waals surface area (Å²) in [6, 6.07) is 16.3. The molecule has 0 bridgehead atoms. The number of hydrogen-bond donors (Lipinski definition) is 3. The Bertz CT molecular complexity index is 1370. The lowest BCUT2D eigenvalue weighted by Gasteiger charge is -2.35. The highest BCUT2D eigenvalue weighted by atomic mass is 32.2. The number of hydrogen-bond acceptors (Lipinski definition) is 7. The molecule has 1 fully saturated rings. The molecule has 0 spiro atoms. The molecular weight excluding hydrogens is 502 g/mol. The Kier molecular flexibility index (Phi) is 6.69. The van der Waals surface area contributed by atoms with Crippen LogP contribution < -0.4 is 25.6 Å². The molecule has 38 heavy (non-hydrogen) atoms. The van der Waals surface area contributed by atoms with E-state index in [-0.39, 0.29) is 24.1 Å². The number of piperidine rings is 1. The molecule has 3 aliphatic rings. The van der Waals surface area contributed by atoms with Gasteiger partial charge in [0.05, 0.1) is 23.5 Å². The second kappa shape index (κ2) is 10.3. The summed E-state index contributed by atoms with van der Waals surface area (Å²) in [5.74, 6) is 1.32. The number of para-hydroxylation sites is 1. The first kappa shape index (κ1) is 24.7. The zero-order valence-electron chi connectivity index (χ0n) is 21.1. The van der Waals surface area contributed by atoms with Crippen LogP contribution >= 0.6 is 11.8 Å². The summed E-state index contributed by atoms with van der Waals surface area (Å²) in [5, 5.41) is 9.80. The highest BCUT2D eigenvalue weighted by molar-refractivity contribution is 8.01. The SMILES string of the molecule is CO[C@@H]1CNC[C@H](NC(=O)C2Sc3nccc4c3C2NC(=O)N4c2ccc(Oc3ccccc3)cc2C)C1. The number of aryl methyl sites for hydroxylation is 1. The van der Waals surface area contributed by atoms with Gasteiger partial charge in [-0.3, -0.25) is 9.69 Å². The Morgan fingerprint density at radius 1 is 1.11 bits per heavy atom. The Balaban J connectivity index is 1.25. The summed E-state index contributed by atoms with van der Waals surface area (Å²) in [5.41, 5.74) is 3.24. The number of carbonyl (C=O) groups excluding carboxylic acids is 2. The zero-order valence-corrected chi connectivity index (χ0v) is 22.0. The van der Waals surface area contributed by atoms with Crippen LogP contribution in [0.1, 0.15) is 23.6 Å². The van der Waals surface area contributed by atoms with Crippen molar-refractivity contribution < 1.29 is 19.1 Å². The molecule has 3 aromatic rings. The number of carbonyl (C=O) groups is 2. The van der Waals surface area contributed by atoms with Gasteiger partial charge in [0.15, 0.2) is 0 Å². The molecule has 1 saturated heterocycles. The number of urea groups is 1. The summed E-state index contributed by atoms with van der Waals surface area (Å²) in [7, 11) is 1.68. The lowest BCUT2D eigenvalue weighted by Crippen LogP contribution is -2.54. The predicted octanol–water partition coefficient (Wildman–Crippen LogP) is 4.05. The summed E-state index contributed by atoms with van der Waals surface area (Å²) in [6.07, 6.45) is 2.50. The summed E-state index contributed by atoms with van der Waals surface area (Å²) < 4.78 is 11.4. The summed E-state index contributed by atoms with van der Waals surface area (Å²) >= 11 is 1.40. The van der Waals surface area contributed by atoms with Crippen LogP contribution in [0.5, 0.6) is 11.5 Å². The van der Waals surface area contributed by atoms with Crippen molar-refractivity contribution in [2.24, 2.45) is 0 Å². The van der Waals surface area contributed by atoms with Gasteiger partial charge in [-0.25, -0.2) is 9.78 Å². The largest absolute Gasteiger partial charge is 0.457 e. The molecule has 10 heteroatoms. The fraction of sp³-hybridized carbons (Fsp3) is 0.321. The monoisotopic (exact) mass is 531 g/mol. The number of pyridine rings is 1. The molecule has 0 aliphatic carbocycles. The lowest BCUT2D eigenvalue weighted by atomic mass is 9.98. The third-order valence-electron chi connectivity index (χ3n) is 7.14. The third-order valence-corrected chi connectivity index (χ3v) is 8.43. The van der Waals surface area contributed by atoms with Crippen molar-refractivity contribution in [1.29, 1.82) is 0 Å². The number of nitrogens with one attached hydrogen (secondary N) is 3. The number of anilines is 2. The van der Waals surface area contributed by atoms with Gasteiger partial charge in [0.25, 0.3) is 0 Å². The van der Waals surface area contributed by atoms with E-state index in [9.17, 15) is 9.59 Å². The fourth-order valence-corrected chi connectivity index (χ4v) is 6.54. The van der Waals surface area contributed by atoms with Gasteiger partial charge in [-0.2, -0.15) is 0 Å². The smallest absolute Gasteiger partial charge is 0.327 e. The minimum Gasteiger partial charge on any atom is -0.457 e. The first-order chi connectivity index (χ1) is 18.5. The number of methoxy groups -OCH3 is 1. The maximum absolute atomic E-state index is 13.5. The number of rotatable bonds is 6. The van der Waals surface area contributed by atoms with E-state index >= 15 is 0 Å². The molecule has 4 heterocycles. The van der Waals surface area contributed by atoms with E-state index in [1.807, 2.05) is 61.5 Å². The first-order valence-corrected chi connectivity index (χ1v) is 13.5. The number of nitrogens with zero attached hydrogens (tertiary/aromatic N) is 2. The second-order valence-electron chi connectivity index (χ2n) is 9.67. The molecule has 0 radical (unpaired) electrons. The average molecular weight is 532 g/mol. The van der Waals surface area contributed by atoms with Crippen LogP contribution in [0.3, 0.4) is 0 Å². The molecule has 9 nitrogen and oxygen atoms in total. The van der Waals surface area contributed by atoms with Crippen LogP contribution in [0.2, 0.25) is 0 Å². The Morgan fingerprint density at radius 3 is 2.74 bits per heavy atom. The van der Waals surface area contributed by atoms with Gasteiger partial charge in [-0.05, 0) is 55.3 Å². The van der Waals surface area contributed by atoms with E-state index in [1.54, 1.807) is 18.2 Å². The van der Waals surface area contributed by atoms with Crippen molar-refractivity contribution in [2.45, 2.75) is 41.8 Å². The van der Waals surface area contributed by atoms with E-state index in [1.165, 1.54) is 11.8 Å². The van der Waals surface area contributed by atoms with Crippen LogP contribution in [0.15, 0.2) is 65.8 Å². The van der Waals surface area contributed by atoms with Gasteiger partial charge in [-0.1, -0.05) is 30.0 Å². The third kappa shape index (κ3) is 4.59. The molecule has 3 amide bonds. The molecule has 3 aliphatic heterocycles. The van der Waals surface area contributed by atoms with E-state index < -0.39 is 11.3 Å². The predicted molar refractivity (Wildman–Crippen MR) is 145 cm³/mol.